The van der Waals surface area contributed by atoms with Crippen LogP contribution in [0.25, 0.3) is 0 Å². The van der Waals surface area contributed by atoms with Crippen LogP contribution in [0.5, 0.6) is 0 Å². The molecule has 2 aliphatic rings. The Morgan fingerprint density at radius 3 is 2.61 bits per heavy atom. The Morgan fingerprint density at radius 1 is 1.21 bits per heavy atom. The van der Waals surface area contributed by atoms with E-state index < -0.39 is 5.41 Å². The molecule has 3 rings (SSSR count). The maximum atomic E-state index is 13.0. The van der Waals surface area contributed by atoms with Gasteiger partial charge in [0.1, 0.15) is 0 Å². The zero-order valence-corrected chi connectivity index (χ0v) is 17.6. The highest BCUT2D eigenvalue weighted by molar-refractivity contribution is 5.96. The number of morpholine rings is 1. The number of ether oxygens (including phenoxy) is 1. The van der Waals surface area contributed by atoms with Crippen molar-refractivity contribution < 1.29 is 14.3 Å². The van der Waals surface area contributed by atoms with Crippen LogP contribution in [0.3, 0.4) is 0 Å². The Kier molecular flexibility index (Phi) is 8.28. The van der Waals surface area contributed by atoms with Gasteiger partial charge in [-0.25, -0.2) is 0 Å². The normalized spacial score (nSPS) is 20.9. The van der Waals surface area contributed by atoms with Crippen LogP contribution >= 0.6 is 12.4 Å². The second-order valence-electron chi connectivity index (χ2n) is 7.95. The molecule has 1 aromatic rings. The molecule has 2 fully saturated rings. The molecule has 0 aromatic heterocycles. The summed E-state index contributed by atoms with van der Waals surface area (Å²) in [4.78, 5) is 25.4. The third-order valence-electron chi connectivity index (χ3n) is 5.86. The summed E-state index contributed by atoms with van der Waals surface area (Å²) in [6.07, 6.45) is 4.06. The highest BCUT2D eigenvalue weighted by Gasteiger charge is 2.41. The molecule has 0 bridgehead atoms. The van der Waals surface area contributed by atoms with Gasteiger partial charge in [-0.3, -0.25) is 9.59 Å². The van der Waals surface area contributed by atoms with E-state index in [0.29, 0.717) is 26.2 Å². The Morgan fingerprint density at radius 2 is 1.96 bits per heavy atom. The molecule has 1 saturated heterocycles. The number of carbonyl (C=O) groups is 2. The SMILES string of the molecule is Cc1ccc(NC(=O)C2(CNC(=O)CC3COCCN3)CCCC2)cc1C.Cl. The van der Waals surface area contributed by atoms with Crippen LogP contribution in [0.15, 0.2) is 18.2 Å². The van der Waals surface area contributed by atoms with Gasteiger partial charge in [0.15, 0.2) is 0 Å². The fourth-order valence-corrected chi connectivity index (χ4v) is 3.93. The molecule has 1 atom stereocenters. The van der Waals surface area contributed by atoms with Crippen molar-refractivity contribution in [3.63, 3.8) is 0 Å². The third-order valence-corrected chi connectivity index (χ3v) is 5.86. The molecule has 156 valence electrons. The van der Waals surface area contributed by atoms with Crippen LogP contribution in [0.1, 0.15) is 43.2 Å². The number of amides is 2. The fourth-order valence-electron chi connectivity index (χ4n) is 3.93. The number of nitrogens with one attached hydrogen (secondary N) is 3. The predicted molar refractivity (Wildman–Crippen MR) is 113 cm³/mol. The third kappa shape index (κ3) is 5.69. The number of hydrogen-bond donors (Lipinski definition) is 3. The number of anilines is 1. The zero-order chi connectivity index (χ0) is 19.3. The van der Waals surface area contributed by atoms with Crippen LogP contribution in [-0.4, -0.2) is 44.2 Å². The maximum absolute atomic E-state index is 13.0. The molecule has 1 heterocycles. The van der Waals surface area contributed by atoms with Crippen molar-refractivity contribution in [2.45, 2.75) is 52.0 Å². The van der Waals surface area contributed by atoms with Crippen molar-refractivity contribution in [1.82, 2.24) is 10.6 Å². The highest BCUT2D eigenvalue weighted by atomic mass is 35.5. The lowest BCUT2D eigenvalue weighted by atomic mass is 9.84. The molecule has 6 nitrogen and oxygen atoms in total. The first-order chi connectivity index (χ1) is 13.0. The average molecular weight is 410 g/mol. The van der Waals surface area contributed by atoms with Crippen LogP contribution in [-0.2, 0) is 14.3 Å². The molecular formula is C21H32ClN3O3. The molecule has 1 saturated carbocycles. The molecule has 0 spiro atoms. The molecule has 7 heteroatoms. The van der Waals surface area contributed by atoms with Gasteiger partial charge in [-0.1, -0.05) is 18.9 Å². The fraction of sp³-hybridized carbons (Fsp3) is 0.619. The molecule has 1 aliphatic heterocycles. The van der Waals surface area contributed by atoms with Gasteiger partial charge in [-0.2, -0.15) is 0 Å². The van der Waals surface area contributed by atoms with E-state index in [1.807, 2.05) is 25.1 Å². The van der Waals surface area contributed by atoms with Crippen molar-refractivity contribution in [3.05, 3.63) is 29.3 Å². The van der Waals surface area contributed by atoms with Gasteiger partial charge in [0.05, 0.1) is 18.6 Å². The highest BCUT2D eigenvalue weighted by Crippen LogP contribution is 2.38. The van der Waals surface area contributed by atoms with Gasteiger partial charge in [0.25, 0.3) is 0 Å². The lowest BCUT2D eigenvalue weighted by Crippen LogP contribution is -2.47. The predicted octanol–water partition coefficient (Wildman–Crippen LogP) is 2.72. The van der Waals surface area contributed by atoms with Crippen molar-refractivity contribution in [2.75, 3.05) is 31.6 Å². The summed E-state index contributed by atoms with van der Waals surface area (Å²) in [6.45, 7) is 6.53. The first-order valence-electron chi connectivity index (χ1n) is 9.95. The van der Waals surface area contributed by atoms with Crippen molar-refractivity contribution in [2.24, 2.45) is 5.41 Å². The van der Waals surface area contributed by atoms with Gasteiger partial charge in [0, 0.05) is 31.2 Å². The molecule has 1 aliphatic carbocycles. The van der Waals surface area contributed by atoms with Gasteiger partial charge < -0.3 is 20.7 Å². The van der Waals surface area contributed by atoms with Crippen LogP contribution < -0.4 is 16.0 Å². The standard InChI is InChI=1S/C21H31N3O3.ClH/c1-15-5-6-17(11-16(15)2)24-20(26)21(7-3-4-8-21)14-23-19(25)12-18-13-27-10-9-22-18;/h5-6,11,18,22H,3-4,7-10,12-14H2,1-2H3,(H,23,25)(H,24,26);1H. The minimum Gasteiger partial charge on any atom is -0.378 e. The molecule has 3 N–H and O–H groups in total. The molecule has 1 unspecified atom stereocenters. The van der Waals surface area contributed by atoms with E-state index in [0.717, 1.165) is 43.5 Å². The van der Waals surface area contributed by atoms with Crippen LogP contribution in [0.2, 0.25) is 0 Å². The van der Waals surface area contributed by atoms with Gasteiger partial charge in [-0.15, -0.1) is 12.4 Å². The van der Waals surface area contributed by atoms with Gasteiger partial charge >= 0.3 is 0 Å². The summed E-state index contributed by atoms with van der Waals surface area (Å²) in [7, 11) is 0. The molecule has 1 aromatic carbocycles. The second-order valence-corrected chi connectivity index (χ2v) is 7.95. The smallest absolute Gasteiger partial charge is 0.232 e. The van der Waals surface area contributed by atoms with Crippen LogP contribution in [0.4, 0.5) is 5.69 Å². The minimum absolute atomic E-state index is 0. The van der Waals surface area contributed by atoms with E-state index in [2.05, 4.69) is 22.9 Å². The number of hydrogen-bond acceptors (Lipinski definition) is 4. The lowest BCUT2D eigenvalue weighted by molar-refractivity contribution is -0.127. The Labute approximate surface area is 173 Å². The van der Waals surface area contributed by atoms with Crippen molar-refractivity contribution in [3.8, 4) is 0 Å². The lowest BCUT2D eigenvalue weighted by Gasteiger charge is -2.29. The Hall–Kier alpha value is -1.63. The molecule has 0 radical (unpaired) electrons. The van der Waals surface area contributed by atoms with E-state index >= 15 is 0 Å². The average Bonchev–Trinajstić information content (AvgIpc) is 3.14. The first kappa shape index (κ1) is 22.7. The largest absolute Gasteiger partial charge is 0.378 e. The second kappa shape index (κ2) is 10.2. The number of benzene rings is 1. The zero-order valence-electron chi connectivity index (χ0n) is 16.8. The Bertz CT molecular complexity index is 683. The number of carbonyl (C=O) groups excluding carboxylic acids is 2. The van der Waals surface area contributed by atoms with E-state index in [9.17, 15) is 9.59 Å². The van der Waals surface area contributed by atoms with E-state index in [1.165, 1.54) is 5.56 Å². The maximum Gasteiger partial charge on any atom is 0.232 e. The summed E-state index contributed by atoms with van der Waals surface area (Å²) in [5, 5.41) is 9.37. The number of halogens is 1. The van der Waals surface area contributed by atoms with Crippen molar-refractivity contribution in [1.29, 1.82) is 0 Å². The molecule has 2 amide bonds. The summed E-state index contributed by atoms with van der Waals surface area (Å²) < 4.78 is 5.40. The van der Waals surface area contributed by atoms with E-state index in [1.54, 1.807) is 0 Å². The summed E-state index contributed by atoms with van der Waals surface area (Å²) in [6, 6.07) is 6.02. The topological polar surface area (TPSA) is 79.5 Å². The van der Waals surface area contributed by atoms with Crippen LogP contribution in [0, 0.1) is 19.3 Å². The molecule has 28 heavy (non-hydrogen) atoms. The quantitative estimate of drug-likeness (QED) is 0.675. The first-order valence-corrected chi connectivity index (χ1v) is 9.95. The minimum atomic E-state index is -0.509. The monoisotopic (exact) mass is 409 g/mol. The van der Waals surface area contributed by atoms with E-state index in [4.69, 9.17) is 4.74 Å². The summed E-state index contributed by atoms with van der Waals surface area (Å²) in [5.74, 6) is -0.00840. The van der Waals surface area contributed by atoms with Crippen molar-refractivity contribution >= 4 is 29.9 Å². The van der Waals surface area contributed by atoms with Gasteiger partial charge in [0.2, 0.25) is 11.8 Å². The summed E-state index contributed by atoms with van der Waals surface area (Å²) in [5.41, 5.74) is 2.68. The summed E-state index contributed by atoms with van der Waals surface area (Å²) >= 11 is 0. The van der Waals surface area contributed by atoms with Gasteiger partial charge in [-0.05, 0) is 49.9 Å². The number of rotatable bonds is 6. The number of aryl methyl sites for hydroxylation is 2. The molecular weight excluding hydrogens is 378 g/mol. The van der Waals surface area contributed by atoms with E-state index in [-0.39, 0.29) is 30.3 Å². The Balaban J connectivity index is 0.00000280.